The molecule has 1 aliphatic heterocycles. The Morgan fingerprint density at radius 2 is 1.82 bits per heavy atom. The molecule has 10 heteroatoms. The van der Waals surface area contributed by atoms with E-state index in [2.05, 4.69) is 0 Å². The minimum Gasteiger partial charge on any atom is -0.375 e. The van der Waals surface area contributed by atoms with Crippen LogP contribution in [0.5, 0.6) is 0 Å². The summed E-state index contributed by atoms with van der Waals surface area (Å²) in [6.45, 7) is 1.25. The van der Waals surface area contributed by atoms with E-state index in [1.807, 2.05) is 0 Å². The van der Waals surface area contributed by atoms with Gasteiger partial charge in [-0.05, 0) is 31.6 Å². The van der Waals surface area contributed by atoms with Crippen LogP contribution in [0.25, 0.3) is 0 Å². The molecule has 1 saturated heterocycles. The molecule has 0 aromatic rings. The van der Waals surface area contributed by atoms with Crippen LogP contribution in [0.1, 0.15) is 32.1 Å². The number of ether oxygens (including phenoxy) is 2. The van der Waals surface area contributed by atoms with E-state index in [0.717, 1.165) is 4.72 Å². The summed E-state index contributed by atoms with van der Waals surface area (Å²) >= 11 is 0. The molecular weight excluding hydrogens is 327 g/mol. The minimum absolute atomic E-state index is 0.0717. The van der Waals surface area contributed by atoms with Crippen molar-refractivity contribution >= 4 is 15.9 Å². The van der Waals surface area contributed by atoms with E-state index in [1.165, 1.54) is 0 Å². The van der Waals surface area contributed by atoms with Crippen molar-refractivity contribution in [3.05, 3.63) is 0 Å². The summed E-state index contributed by atoms with van der Waals surface area (Å²) in [5, 5.41) is 0. The van der Waals surface area contributed by atoms with E-state index in [4.69, 9.17) is 9.47 Å². The minimum atomic E-state index is -5.61. The number of nitrogens with one attached hydrogen (secondary N) is 1. The molecule has 1 aliphatic carbocycles. The molecule has 0 aromatic carbocycles. The molecule has 1 heterocycles. The molecule has 1 N–H and O–H groups in total. The predicted molar refractivity (Wildman–Crippen MR) is 69.2 cm³/mol. The molecular formula is C12H18F3NO5S. The lowest BCUT2D eigenvalue weighted by molar-refractivity contribution is -0.121. The summed E-state index contributed by atoms with van der Waals surface area (Å²) in [5.74, 6) is -1.24. The van der Waals surface area contributed by atoms with Crippen LogP contribution in [0.3, 0.4) is 0 Å². The molecule has 2 rings (SSSR count). The molecule has 0 bridgehead atoms. The Hall–Kier alpha value is -0.870. The lowest BCUT2D eigenvalue weighted by Gasteiger charge is -2.28. The van der Waals surface area contributed by atoms with Gasteiger partial charge in [-0.15, -0.1) is 0 Å². The summed E-state index contributed by atoms with van der Waals surface area (Å²) in [5.41, 5.74) is -5.47. The normalized spacial score (nSPS) is 29.1. The van der Waals surface area contributed by atoms with E-state index in [1.54, 1.807) is 0 Å². The third-order valence-corrected chi connectivity index (χ3v) is 4.85. The molecule has 1 atom stereocenters. The van der Waals surface area contributed by atoms with Gasteiger partial charge in [0, 0.05) is 6.42 Å². The van der Waals surface area contributed by atoms with Crippen molar-refractivity contribution < 1.29 is 35.9 Å². The first-order valence-corrected chi connectivity index (χ1v) is 8.51. The van der Waals surface area contributed by atoms with Gasteiger partial charge in [-0.3, -0.25) is 4.79 Å². The van der Waals surface area contributed by atoms with Crippen molar-refractivity contribution in [1.82, 2.24) is 4.72 Å². The van der Waals surface area contributed by atoms with Gasteiger partial charge in [0.1, 0.15) is 6.10 Å². The summed E-state index contributed by atoms with van der Waals surface area (Å²) in [6, 6.07) is 0. The van der Waals surface area contributed by atoms with Crippen molar-refractivity contribution in [3.8, 4) is 0 Å². The standard InChI is InChI=1S/C12H18F3NO5S/c13-12(14,15)22(18,19)16-11(17)5-8-1-3-9(4-2-8)20-6-10-7-21-10/h8-10H,1-7H2,(H,16,17). The molecule has 22 heavy (non-hydrogen) atoms. The second kappa shape index (κ2) is 6.71. The highest BCUT2D eigenvalue weighted by Gasteiger charge is 2.47. The summed E-state index contributed by atoms with van der Waals surface area (Å²) in [6.07, 6.45) is 2.67. The largest absolute Gasteiger partial charge is 0.516 e. The van der Waals surface area contributed by atoms with Crippen LogP contribution in [0.2, 0.25) is 0 Å². The molecule has 2 fully saturated rings. The first-order valence-electron chi connectivity index (χ1n) is 7.02. The third-order valence-electron chi connectivity index (χ3n) is 3.74. The van der Waals surface area contributed by atoms with E-state index < -0.39 is 21.4 Å². The van der Waals surface area contributed by atoms with Crippen molar-refractivity contribution in [3.63, 3.8) is 0 Å². The Kier molecular flexibility index (Phi) is 5.33. The van der Waals surface area contributed by atoms with Crippen LogP contribution in [-0.4, -0.2) is 45.3 Å². The maximum absolute atomic E-state index is 12.1. The molecule has 0 spiro atoms. The quantitative estimate of drug-likeness (QED) is 0.734. The molecule has 2 aliphatic rings. The lowest BCUT2D eigenvalue weighted by atomic mass is 9.85. The number of alkyl halides is 3. The number of rotatable bonds is 6. The second-order valence-electron chi connectivity index (χ2n) is 5.61. The number of hydrogen-bond donors (Lipinski definition) is 1. The summed E-state index contributed by atoms with van der Waals surface area (Å²) in [7, 11) is -5.61. The Morgan fingerprint density at radius 1 is 1.23 bits per heavy atom. The van der Waals surface area contributed by atoms with Crippen molar-refractivity contribution in [2.75, 3.05) is 13.2 Å². The van der Waals surface area contributed by atoms with Gasteiger partial charge >= 0.3 is 15.5 Å². The molecule has 0 aromatic heterocycles. The van der Waals surface area contributed by atoms with E-state index in [9.17, 15) is 26.4 Å². The maximum atomic E-state index is 12.1. The van der Waals surface area contributed by atoms with Gasteiger partial charge in [0.2, 0.25) is 5.91 Å². The van der Waals surface area contributed by atoms with Gasteiger partial charge in [0.05, 0.1) is 19.3 Å². The highest BCUT2D eigenvalue weighted by atomic mass is 32.2. The zero-order valence-electron chi connectivity index (χ0n) is 11.8. The monoisotopic (exact) mass is 345 g/mol. The predicted octanol–water partition coefficient (Wildman–Crippen LogP) is 1.32. The van der Waals surface area contributed by atoms with Crippen molar-refractivity contribution in [2.24, 2.45) is 5.92 Å². The number of carbonyl (C=O) groups is 1. The topological polar surface area (TPSA) is 85.0 Å². The second-order valence-corrected chi connectivity index (χ2v) is 7.28. The van der Waals surface area contributed by atoms with E-state index in [0.29, 0.717) is 38.9 Å². The van der Waals surface area contributed by atoms with Gasteiger partial charge in [-0.25, -0.2) is 4.72 Å². The van der Waals surface area contributed by atoms with Gasteiger partial charge in [-0.2, -0.15) is 21.6 Å². The first-order chi connectivity index (χ1) is 10.2. The third kappa shape index (κ3) is 5.10. The molecule has 1 unspecified atom stereocenters. The number of sulfonamides is 1. The Bertz CT molecular complexity index is 495. The maximum Gasteiger partial charge on any atom is 0.516 e. The lowest BCUT2D eigenvalue weighted by Crippen LogP contribution is -2.41. The Balaban J connectivity index is 1.70. The summed E-state index contributed by atoms with van der Waals surface area (Å²) < 4.78 is 69.8. The van der Waals surface area contributed by atoms with Crippen molar-refractivity contribution in [2.45, 2.75) is 49.8 Å². The molecule has 1 saturated carbocycles. The SMILES string of the molecule is O=C(CC1CCC(OCC2CO2)CC1)NS(=O)(=O)C(F)(F)F. The number of epoxide rings is 1. The van der Waals surface area contributed by atoms with Crippen LogP contribution >= 0.6 is 0 Å². The first kappa shape index (κ1) is 17.5. The molecule has 128 valence electrons. The van der Waals surface area contributed by atoms with Gasteiger partial charge in [0.25, 0.3) is 0 Å². The van der Waals surface area contributed by atoms with Crippen LogP contribution in [0, 0.1) is 5.92 Å². The highest BCUT2D eigenvalue weighted by Crippen LogP contribution is 2.29. The van der Waals surface area contributed by atoms with E-state index in [-0.39, 0.29) is 24.5 Å². The smallest absolute Gasteiger partial charge is 0.375 e. The van der Waals surface area contributed by atoms with Gasteiger partial charge < -0.3 is 9.47 Å². The van der Waals surface area contributed by atoms with E-state index >= 15 is 0 Å². The number of halogens is 3. The van der Waals surface area contributed by atoms with Crippen LogP contribution in [0.4, 0.5) is 13.2 Å². The number of hydrogen-bond acceptors (Lipinski definition) is 5. The van der Waals surface area contributed by atoms with Gasteiger partial charge in [-0.1, -0.05) is 0 Å². The fourth-order valence-electron chi connectivity index (χ4n) is 2.42. The van der Waals surface area contributed by atoms with Crippen LogP contribution < -0.4 is 4.72 Å². The molecule has 6 nitrogen and oxygen atoms in total. The average molecular weight is 345 g/mol. The number of carbonyl (C=O) groups excluding carboxylic acids is 1. The zero-order chi connectivity index (χ0) is 16.4. The zero-order valence-corrected chi connectivity index (χ0v) is 12.6. The highest BCUT2D eigenvalue weighted by molar-refractivity contribution is 7.90. The Morgan fingerprint density at radius 3 is 2.32 bits per heavy atom. The summed E-state index contributed by atoms with van der Waals surface area (Å²) in [4.78, 5) is 11.4. The fraction of sp³-hybridized carbons (Fsp3) is 0.917. The Labute approximate surface area is 126 Å². The van der Waals surface area contributed by atoms with Crippen molar-refractivity contribution in [1.29, 1.82) is 0 Å². The van der Waals surface area contributed by atoms with Gasteiger partial charge in [0.15, 0.2) is 0 Å². The van der Waals surface area contributed by atoms with Crippen LogP contribution in [0.15, 0.2) is 0 Å². The molecule has 1 amide bonds. The molecule has 0 radical (unpaired) electrons. The number of amides is 1. The van der Waals surface area contributed by atoms with Crippen LogP contribution in [-0.2, 0) is 24.3 Å². The average Bonchev–Trinajstić information content (AvgIpc) is 3.20. The fourth-order valence-corrected chi connectivity index (χ4v) is 2.92.